The van der Waals surface area contributed by atoms with Crippen LogP contribution in [0.4, 0.5) is 0 Å². The molecular weight excluding hydrogens is 395 g/mol. The summed E-state index contributed by atoms with van der Waals surface area (Å²) >= 11 is 5.91. The standard InChI is InChI=1S/C12H17IN2O2S2/c1-3-8-10(19-5-4-18-8)11-14-7(6-17-2)9(13)12(16)15-11/h8,10H,3-6H2,1-2H3,(H,14,15,16). The van der Waals surface area contributed by atoms with Crippen molar-refractivity contribution in [2.24, 2.45) is 0 Å². The molecule has 19 heavy (non-hydrogen) atoms. The Morgan fingerprint density at radius 1 is 1.47 bits per heavy atom. The molecule has 1 saturated heterocycles. The van der Waals surface area contributed by atoms with Crippen LogP contribution in [0.25, 0.3) is 0 Å². The second-order valence-electron chi connectivity index (χ2n) is 4.25. The Bertz CT molecular complexity index is 495. The first kappa shape index (κ1) is 15.7. The lowest BCUT2D eigenvalue weighted by Gasteiger charge is -2.29. The number of methoxy groups -OCH3 is 1. The van der Waals surface area contributed by atoms with E-state index < -0.39 is 0 Å². The summed E-state index contributed by atoms with van der Waals surface area (Å²) in [6.45, 7) is 2.58. The zero-order chi connectivity index (χ0) is 13.8. The lowest BCUT2D eigenvalue weighted by atomic mass is 10.2. The van der Waals surface area contributed by atoms with E-state index in [0.717, 1.165) is 23.7 Å². The molecular formula is C12H17IN2O2S2. The predicted molar refractivity (Wildman–Crippen MR) is 90.0 cm³/mol. The van der Waals surface area contributed by atoms with Crippen molar-refractivity contribution >= 4 is 46.1 Å². The Balaban J connectivity index is 2.35. The molecule has 0 amide bonds. The van der Waals surface area contributed by atoms with Gasteiger partial charge in [0.15, 0.2) is 0 Å². The molecule has 1 N–H and O–H groups in total. The van der Waals surface area contributed by atoms with E-state index in [1.165, 1.54) is 5.75 Å². The minimum atomic E-state index is -0.0522. The third-order valence-corrected chi connectivity index (χ3v) is 7.32. The van der Waals surface area contributed by atoms with E-state index in [2.05, 4.69) is 16.9 Å². The third-order valence-electron chi connectivity index (χ3n) is 2.95. The van der Waals surface area contributed by atoms with Crippen molar-refractivity contribution in [3.05, 3.63) is 25.4 Å². The van der Waals surface area contributed by atoms with Crippen molar-refractivity contribution in [1.82, 2.24) is 9.97 Å². The Morgan fingerprint density at radius 3 is 2.89 bits per heavy atom. The zero-order valence-electron chi connectivity index (χ0n) is 10.9. The maximum absolute atomic E-state index is 12.0. The fourth-order valence-electron chi connectivity index (χ4n) is 2.05. The molecule has 4 nitrogen and oxygen atoms in total. The molecule has 106 valence electrons. The molecule has 0 aliphatic carbocycles. The molecule has 1 aromatic rings. The number of thioether (sulfide) groups is 2. The highest BCUT2D eigenvalue weighted by atomic mass is 127. The van der Waals surface area contributed by atoms with Crippen molar-refractivity contribution in [2.45, 2.75) is 30.5 Å². The van der Waals surface area contributed by atoms with Gasteiger partial charge in [0.1, 0.15) is 9.39 Å². The van der Waals surface area contributed by atoms with Crippen molar-refractivity contribution in [2.75, 3.05) is 18.6 Å². The van der Waals surface area contributed by atoms with E-state index in [1.807, 2.05) is 46.1 Å². The van der Waals surface area contributed by atoms with Crippen molar-refractivity contribution in [3.8, 4) is 0 Å². The first-order valence-electron chi connectivity index (χ1n) is 6.18. The van der Waals surface area contributed by atoms with E-state index in [1.54, 1.807) is 7.11 Å². The summed E-state index contributed by atoms with van der Waals surface area (Å²) in [6, 6.07) is 0. The Labute approximate surface area is 135 Å². The van der Waals surface area contributed by atoms with E-state index in [-0.39, 0.29) is 10.8 Å². The highest BCUT2D eigenvalue weighted by molar-refractivity contribution is 14.1. The lowest BCUT2D eigenvalue weighted by Crippen LogP contribution is -2.25. The molecule has 1 fully saturated rings. The molecule has 1 aromatic heterocycles. The van der Waals surface area contributed by atoms with Crippen molar-refractivity contribution < 1.29 is 4.74 Å². The number of nitrogens with zero attached hydrogens (tertiary/aromatic N) is 1. The van der Waals surface area contributed by atoms with Crippen molar-refractivity contribution in [3.63, 3.8) is 0 Å². The molecule has 2 heterocycles. The number of aromatic nitrogens is 2. The summed E-state index contributed by atoms with van der Waals surface area (Å²) in [7, 11) is 1.62. The van der Waals surface area contributed by atoms with Crippen LogP contribution in [0.1, 0.15) is 30.1 Å². The van der Waals surface area contributed by atoms with E-state index >= 15 is 0 Å². The average molecular weight is 412 g/mol. The molecule has 2 rings (SSSR count). The first-order chi connectivity index (χ1) is 9.17. The smallest absolute Gasteiger partial charge is 0.264 e. The van der Waals surface area contributed by atoms with Crippen LogP contribution in [-0.2, 0) is 11.3 Å². The fourth-order valence-corrected chi connectivity index (χ4v) is 5.47. The van der Waals surface area contributed by atoms with Crippen molar-refractivity contribution in [1.29, 1.82) is 0 Å². The first-order valence-corrected chi connectivity index (χ1v) is 9.35. The molecule has 7 heteroatoms. The Morgan fingerprint density at radius 2 is 2.21 bits per heavy atom. The third kappa shape index (κ3) is 3.68. The Kier molecular flexibility index (Phi) is 6.04. The second kappa shape index (κ2) is 7.33. The molecule has 1 aliphatic heterocycles. The summed E-state index contributed by atoms with van der Waals surface area (Å²) in [6.07, 6.45) is 1.09. The normalized spacial score (nSPS) is 23.5. The summed E-state index contributed by atoms with van der Waals surface area (Å²) in [5, 5.41) is 0.807. The van der Waals surface area contributed by atoms with Gasteiger partial charge in [-0.05, 0) is 29.0 Å². The maximum Gasteiger partial charge on any atom is 0.264 e. The van der Waals surface area contributed by atoms with E-state index in [4.69, 9.17) is 4.74 Å². The summed E-state index contributed by atoms with van der Waals surface area (Å²) in [5.74, 6) is 3.10. The van der Waals surface area contributed by atoms with Gasteiger partial charge in [-0.25, -0.2) is 4.98 Å². The highest BCUT2D eigenvalue weighted by Gasteiger charge is 2.29. The molecule has 0 radical (unpaired) electrons. The quantitative estimate of drug-likeness (QED) is 0.771. The minimum Gasteiger partial charge on any atom is -0.378 e. The van der Waals surface area contributed by atoms with Gasteiger partial charge < -0.3 is 9.72 Å². The van der Waals surface area contributed by atoms with Crippen LogP contribution in [0.2, 0.25) is 0 Å². The lowest BCUT2D eigenvalue weighted by molar-refractivity contribution is 0.180. The molecule has 0 saturated carbocycles. The monoisotopic (exact) mass is 412 g/mol. The molecule has 2 unspecified atom stereocenters. The predicted octanol–water partition coefficient (Wildman–Crippen LogP) is 2.82. The SMILES string of the molecule is CCC1SCCSC1c1nc(COC)c(I)c(=O)[nH]1. The number of hydrogen-bond acceptors (Lipinski definition) is 5. The summed E-state index contributed by atoms with van der Waals surface area (Å²) in [5.41, 5.74) is 0.691. The van der Waals surface area contributed by atoms with Crippen LogP contribution in [-0.4, -0.2) is 33.8 Å². The van der Waals surface area contributed by atoms with Crippen LogP contribution in [0.3, 0.4) is 0 Å². The number of nitrogens with one attached hydrogen (secondary N) is 1. The molecule has 0 bridgehead atoms. The molecule has 0 aromatic carbocycles. The second-order valence-corrected chi connectivity index (χ2v) is 7.93. The largest absolute Gasteiger partial charge is 0.378 e. The minimum absolute atomic E-state index is 0.0522. The van der Waals surface area contributed by atoms with Crippen LogP contribution >= 0.6 is 46.1 Å². The number of ether oxygens (including phenoxy) is 1. The van der Waals surface area contributed by atoms with Gasteiger partial charge in [0.2, 0.25) is 0 Å². The van der Waals surface area contributed by atoms with E-state index in [0.29, 0.717) is 15.4 Å². The average Bonchev–Trinajstić information content (AvgIpc) is 2.43. The van der Waals surface area contributed by atoms with Gasteiger partial charge in [-0.3, -0.25) is 4.79 Å². The number of H-pyrrole nitrogens is 1. The molecule has 0 spiro atoms. The topological polar surface area (TPSA) is 55.0 Å². The van der Waals surface area contributed by atoms with Crippen LogP contribution in [0.5, 0.6) is 0 Å². The van der Waals surface area contributed by atoms with Gasteiger partial charge in [-0.2, -0.15) is 11.8 Å². The van der Waals surface area contributed by atoms with Gasteiger partial charge in [0.25, 0.3) is 5.56 Å². The maximum atomic E-state index is 12.0. The number of hydrogen-bond donors (Lipinski definition) is 1. The van der Waals surface area contributed by atoms with Gasteiger partial charge in [-0.1, -0.05) is 6.92 Å². The highest BCUT2D eigenvalue weighted by Crippen LogP contribution is 2.42. The molecule has 1 aliphatic rings. The van der Waals surface area contributed by atoms with Crippen LogP contribution in [0.15, 0.2) is 4.79 Å². The Hall–Kier alpha value is 0.270. The fraction of sp³-hybridized carbons (Fsp3) is 0.667. The van der Waals surface area contributed by atoms with Crippen LogP contribution < -0.4 is 5.56 Å². The van der Waals surface area contributed by atoms with Crippen LogP contribution in [0, 0.1) is 3.57 Å². The van der Waals surface area contributed by atoms with Gasteiger partial charge in [0, 0.05) is 23.9 Å². The zero-order valence-corrected chi connectivity index (χ0v) is 14.7. The number of aromatic amines is 1. The van der Waals surface area contributed by atoms with Gasteiger partial charge in [-0.15, -0.1) is 11.8 Å². The van der Waals surface area contributed by atoms with Gasteiger partial charge in [0.05, 0.1) is 17.6 Å². The summed E-state index contributed by atoms with van der Waals surface area (Å²) < 4.78 is 5.76. The van der Waals surface area contributed by atoms with Gasteiger partial charge >= 0.3 is 0 Å². The number of rotatable bonds is 4. The molecule has 2 atom stereocenters. The number of halogens is 1. The summed E-state index contributed by atoms with van der Waals surface area (Å²) in [4.78, 5) is 19.6. The van der Waals surface area contributed by atoms with E-state index in [9.17, 15) is 4.79 Å².